The van der Waals surface area contributed by atoms with Crippen LogP contribution in [-0.4, -0.2) is 36.3 Å². The van der Waals surface area contributed by atoms with Crippen LogP contribution in [-0.2, 0) is 6.54 Å². The SMILES string of the molecule is CCOc1cc2c(c(F)c1OCC)C(=N)N(CC(=O)c1cc(Br)c(S(F)(F)(F)(F)F)cc1N)C2. The van der Waals surface area contributed by atoms with Crippen molar-refractivity contribution in [2.24, 2.45) is 0 Å². The number of ether oxygens (including phenoxy) is 2. The van der Waals surface area contributed by atoms with Crippen LogP contribution in [0.2, 0.25) is 0 Å². The van der Waals surface area contributed by atoms with Gasteiger partial charge >= 0.3 is 10.2 Å². The van der Waals surface area contributed by atoms with Gasteiger partial charge in [0.05, 0.1) is 25.3 Å². The van der Waals surface area contributed by atoms with Gasteiger partial charge in [0.1, 0.15) is 10.7 Å². The number of rotatable bonds is 8. The van der Waals surface area contributed by atoms with Crippen molar-refractivity contribution in [3.8, 4) is 11.5 Å². The predicted molar refractivity (Wildman–Crippen MR) is 120 cm³/mol. The standard InChI is InChI=1S/C20H20BrF6N3O3S/c1-3-32-15-5-10-8-30(20(29)17(10)18(22)19(15)33-4-2)9-14(31)11-6-12(21)16(7-13(11)28)34(23,24,25,26)27/h5-7,29H,3-4,8-9,28H2,1-2H3. The molecule has 2 aromatic carbocycles. The molecule has 3 N–H and O–H groups in total. The summed E-state index contributed by atoms with van der Waals surface area (Å²) in [6, 6.07) is 2.06. The molecule has 1 aliphatic heterocycles. The Labute approximate surface area is 199 Å². The summed E-state index contributed by atoms with van der Waals surface area (Å²) in [5.74, 6) is -2.10. The number of Topliss-reactive ketones (excluding diaryl/α,β-unsaturated/α-hetero) is 1. The number of nitrogens with one attached hydrogen (secondary N) is 1. The highest BCUT2D eigenvalue weighted by atomic mass is 79.9. The monoisotopic (exact) mass is 575 g/mol. The number of carbonyl (C=O) groups is 1. The first-order chi connectivity index (χ1) is 15.5. The molecule has 0 radical (unpaired) electrons. The van der Waals surface area contributed by atoms with Crippen LogP contribution in [0.4, 0.5) is 29.5 Å². The van der Waals surface area contributed by atoms with Crippen molar-refractivity contribution in [1.29, 1.82) is 5.41 Å². The minimum Gasteiger partial charge on any atom is -0.490 e. The van der Waals surface area contributed by atoms with Gasteiger partial charge in [0, 0.05) is 22.3 Å². The maximum absolute atomic E-state index is 15.1. The number of amidine groups is 1. The van der Waals surface area contributed by atoms with E-state index in [4.69, 9.17) is 20.6 Å². The molecular weight excluding hydrogens is 556 g/mol. The molecule has 0 amide bonds. The van der Waals surface area contributed by atoms with Crippen molar-refractivity contribution in [3.05, 3.63) is 45.2 Å². The zero-order valence-electron chi connectivity index (χ0n) is 17.9. The summed E-state index contributed by atoms with van der Waals surface area (Å²) in [5, 5.41) is 8.30. The molecule has 0 saturated heterocycles. The predicted octanol–water partition coefficient (Wildman–Crippen LogP) is 6.65. The fourth-order valence-corrected chi connectivity index (χ4v) is 5.56. The number of benzene rings is 2. The van der Waals surface area contributed by atoms with Gasteiger partial charge in [0.2, 0.25) is 0 Å². The third-order valence-electron chi connectivity index (χ3n) is 4.93. The van der Waals surface area contributed by atoms with Crippen molar-refractivity contribution < 1.29 is 38.1 Å². The van der Waals surface area contributed by atoms with Crippen LogP contribution in [0.1, 0.15) is 35.3 Å². The molecule has 0 aromatic heterocycles. The maximum Gasteiger partial charge on any atom is 0.311 e. The van der Waals surface area contributed by atoms with Gasteiger partial charge in [0.25, 0.3) is 0 Å². The Morgan fingerprint density at radius 2 is 1.76 bits per heavy atom. The van der Waals surface area contributed by atoms with Crippen LogP contribution < -0.4 is 15.2 Å². The van der Waals surface area contributed by atoms with Gasteiger partial charge in [-0.3, -0.25) is 10.2 Å². The van der Waals surface area contributed by atoms with Crippen molar-refractivity contribution in [3.63, 3.8) is 0 Å². The molecule has 34 heavy (non-hydrogen) atoms. The van der Waals surface area contributed by atoms with Crippen molar-refractivity contribution in [2.75, 3.05) is 25.5 Å². The normalized spacial score (nSPS) is 15.6. The van der Waals surface area contributed by atoms with E-state index < -0.39 is 49.0 Å². The zero-order valence-corrected chi connectivity index (χ0v) is 20.3. The van der Waals surface area contributed by atoms with Gasteiger partial charge in [0.15, 0.2) is 23.1 Å². The van der Waals surface area contributed by atoms with Gasteiger partial charge in [-0.15, -0.1) is 0 Å². The molecule has 0 unspecified atom stereocenters. The molecule has 0 spiro atoms. The Hall–Kier alpha value is -2.61. The minimum atomic E-state index is -10.1. The molecule has 6 nitrogen and oxygen atoms in total. The number of fused-ring (bicyclic) bond motifs is 1. The third kappa shape index (κ3) is 4.92. The highest BCUT2D eigenvalue weighted by Gasteiger charge is 2.66. The van der Waals surface area contributed by atoms with Crippen LogP contribution in [0, 0.1) is 11.2 Å². The van der Waals surface area contributed by atoms with Crippen molar-refractivity contribution in [2.45, 2.75) is 25.3 Å². The molecule has 188 valence electrons. The molecular formula is C20H20BrF6N3O3S. The van der Waals surface area contributed by atoms with Crippen LogP contribution in [0.3, 0.4) is 0 Å². The average Bonchev–Trinajstić information content (AvgIpc) is 3.00. The van der Waals surface area contributed by atoms with Crippen LogP contribution >= 0.6 is 26.2 Å². The Kier molecular flexibility index (Phi) is 6.10. The zero-order chi connectivity index (χ0) is 25.7. The van der Waals surface area contributed by atoms with Crippen molar-refractivity contribution >= 4 is 43.5 Å². The highest BCUT2D eigenvalue weighted by Crippen LogP contribution is 3.02. The van der Waals surface area contributed by atoms with E-state index in [-0.39, 0.29) is 48.7 Å². The van der Waals surface area contributed by atoms with Gasteiger partial charge < -0.3 is 20.1 Å². The number of ketones is 1. The highest BCUT2D eigenvalue weighted by molar-refractivity contribution is 9.10. The van der Waals surface area contributed by atoms with Crippen LogP contribution in [0.25, 0.3) is 0 Å². The first-order valence-electron chi connectivity index (χ1n) is 9.79. The summed E-state index contributed by atoms with van der Waals surface area (Å²) in [6.45, 7) is 3.05. The van der Waals surface area contributed by atoms with E-state index in [1.54, 1.807) is 13.8 Å². The summed E-state index contributed by atoms with van der Waals surface area (Å²) < 4.78 is 90.8. The number of nitrogens with two attached hydrogens (primary N) is 1. The smallest absolute Gasteiger partial charge is 0.311 e. The fourth-order valence-electron chi connectivity index (χ4n) is 3.52. The number of nitrogen functional groups attached to an aromatic ring is 1. The van der Waals surface area contributed by atoms with Gasteiger partial charge in [-0.25, -0.2) is 4.39 Å². The Morgan fingerprint density at radius 3 is 2.32 bits per heavy atom. The lowest BCUT2D eigenvalue weighted by molar-refractivity contribution is 0.0963. The van der Waals surface area contributed by atoms with E-state index in [0.29, 0.717) is 11.6 Å². The Balaban J connectivity index is 1.92. The molecule has 0 fully saturated rings. The number of carbonyl (C=O) groups excluding carboxylic acids is 1. The van der Waals surface area contributed by atoms with E-state index in [0.717, 1.165) is 0 Å². The fraction of sp³-hybridized carbons (Fsp3) is 0.300. The van der Waals surface area contributed by atoms with Crippen molar-refractivity contribution in [1.82, 2.24) is 4.90 Å². The van der Waals surface area contributed by atoms with Gasteiger partial charge in [-0.1, -0.05) is 19.4 Å². The van der Waals surface area contributed by atoms with E-state index in [9.17, 15) is 24.2 Å². The first kappa shape index (κ1) is 26.0. The Morgan fingerprint density at radius 1 is 1.15 bits per heavy atom. The lowest BCUT2D eigenvalue weighted by Crippen LogP contribution is -2.31. The number of hydrogen-bond donors (Lipinski definition) is 2. The molecule has 3 rings (SSSR count). The number of anilines is 1. The molecule has 14 heteroatoms. The summed E-state index contributed by atoms with van der Waals surface area (Å²) in [4.78, 5) is 11.7. The minimum absolute atomic E-state index is 0.00528. The number of hydrogen-bond acceptors (Lipinski definition) is 5. The molecule has 0 aliphatic carbocycles. The van der Waals surface area contributed by atoms with Gasteiger partial charge in [-0.2, -0.15) is 0 Å². The van der Waals surface area contributed by atoms with Gasteiger partial charge in [-0.05, 0) is 53.5 Å². The van der Waals surface area contributed by atoms with Crippen LogP contribution in [0.15, 0.2) is 27.6 Å². The quantitative estimate of drug-likeness (QED) is 0.209. The van der Waals surface area contributed by atoms with E-state index in [2.05, 4.69) is 15.9 Å². The second-order valence-corrected chi connectivity index (χ2v) is 10.6. The molecule has 0 saturated carbocycles. The summed E-state index contributed by atoms with van der Waals surface area (Å²) >= 11 is 2.45. The summed E-state index contributed by atoms with van der Waals surface area (Å²) in [6.07, 6.45) is 0. The molecule has 2 aromatic rings. The summed E-state index contributed by atoms with van der Waals surface area (Å²) in [5.41, 5.74) is 4.49. The van der Waals surface area contributed by atoms with E-state index in [1.165, 1.54) is 11.0 Å². The average molecular weight is 576 g/mol. The number of halogens is 7. The van der Waals surface area contributed by atoms with Crippen LogP contribution in [0.5, 0.6) is 11.5 Å². The molecule has 1 heterocycles. The second-order valence-electron chi connectivity index (χ2n) is 7.38. The Bertz CT molecular complexity index is 1210. The largest absolute Gasteiger partial charge is 0.490 e. The topological polar surface area (TPSA) is 88.6 Å². The second kappa shape index (κ2) is 7.97. The molecule has 0 atom stereocenters. The molecule has 1 aliphatic rings. The third-order valence-corrected chi connectivity index (χ3v) is 7.01. The lowest BCUT2D eigenvalue weighted by Gasteiger charge is -2.41. The van der Waals surface area contributed by atoms with E-state index in [1.807, 2.05) is 0 Å². The lowest BCUT2D eigenvalue weighted by atomic mass is 10.1. The summed E-state index contributed by atoms with van der Waals surface area (Å²) in [7, 11) is -10.1. The van der Waals surface area contributed by atoms with E-state index >= 15 is 4.39 Å². The number of nitrogens with zero attached hydrogens (tertiary/aromatic N) is 1. The first-order valence-corrected chi connectivity index (χ1v) is 12.5. The molecule has 0 bridgehead atoms. The maximum atomic E-state index is 15.1.